The molecule has 77 heavy (non-hydrogen) atoms. The average Bonchev–Trinajstić information content (AvgIpc) is 3.43. The Morgan fingerprint density at radius 2 is 0.584 bits per heavy atom. The van der Waals surface area contributed by atoms with Crippen molar-refractivity contribution in [2.75, 3.05) is 6.61 Å². The van der Waals surface area contributed by atoms with Gasteiger partial charge in [0.2, 0.25) is 5.91 Å². The van der Waals surface area contributed by atoms with Gasteiger partial charge in [-0.3, -0.25) is 4.79 Å². The fourth-order valence-electron chi connectivity index (χ4n) is 9.42. The van der Waals surface area contributed by atoms with E-state index in [0.29, 0.717) is 6.42 Å². The first-order valence-corrected chi connectivity index (χ1v) is 32.9. The smallest absolute Gasteiger partial charge is 0.220 e. The molecule has 3 N–H and O–H groups in total. The van der Waals surface area contributed by atoms with Crippen molar-refractivity contribution in [1.82, 2.24) is 5.32 Å². The summed E-state index contributed by atoms with van der Waals surface area (Å²) in [6.45, 7) is 4.19. The molecule has 0 heterocycles. The molecule has 0 saturated heterocycles. The summed E-state index contributed by atoms with van der Waals surface area (Å²) in [5.74, 6) is -0.0879. The van der Waals surface area contributed by atoms with Crippen molar-refractivity contribution in [2.24, 2.45) is 0 Å². The minimum atomic E-state index is -0.879. The van der Waals surface area contributed by atoms with Gasteiger partial charge in [-0.25, -0.2) is 0 Å². The number of allylic oxidation sites excluding steroid dienone is 21. The van der Waals surface area contributed by atoms with Gasteiger partial charge in [-0.2, -0.15) is 0 Å². The maximum atomic E-state index is 12.5. The molecule has 0 aliphatic rings. The third-order valence-corrected chi connectivity index (χ3v) is 14.4. The van der Waals surface area contributed by atoms with Gasteiger partial charge in [0.05, 0.1) is 18.8 Å². The predicted molar refractivity (Wildman–Crippen MR) is 345 cm³/mol. The van der Waals surface area contributed by atoms with Gasteiger partial charge in [0, 0.05) is 6.42 Å². The van der Waals surface area contributed by atoms with Crippen LogP contribution in [0, 0.1) is 0 Å². The van der Waals surface area contributed by atoms with E-state index < -0.39 is 12.1 Å². The molecule has 0 radical (unpaired) electrons. The molecule has 4 nitrogen and oxygen atoms in total. The van der Waals surface area contributed by atoms with Gasteiger partial charge in [-0.1, -0.05) is 327 Å². The number of amides is 1. The van der Waals surface area contributed by atoms with E-state index in [9.17, 15) is 15.0 Å². The van der Waals surface area contributed by atoms with Gasteiger partial charge in [-0.15, -0.1) is 0 Å². The Bertz CT molecular complexity index is 1540. The highest BCUT2D eigenvalue weighted by Crippen LogP contribution is 2.17. The van der Waals surface area contributed by atoms with E-state index in [1.54, 1.807) is 6.08 Å². The van der Waals surface area contributed by atoms with Crippen LogP contribution in [0.5, 0.6) is 0 Å². The number of aliphatic hydroxyl groups excluding tert-OH is 2. The van der Waals surface area contributed by atoms with Crippen LogP contribution in [0.2, 0.25) is 0 Å². The van der Waals surface area contributed by atoms with Gasteiger partial charge >= 0.3 is 0 Å². The van der Waals surface area contributed by atoms with E-state index in [1.165, 1.54) is 180 Å². The molecule has 4 heteroatoms. The standard InChI is InChI=1S/C73H125NO3/c1-3-5-7-9-11-13-15-17-19-21-23-25-27-29-31-33-35-36-37-38-39-41-43-45-47-49-51-53-55-57-59-61-63-65-67-69-73(77)74-71(70-75)72(76)68-66-64-62-60-58-56-54-52-50-48-46-44-42-40-34-32-30-28-26-24-22-20-18-16-14-12-10-8-6-4-2/h5,7,11,13,17,19,23,25,29,31,35-36,38-39,43,45,49,51,58,60,66,68,71-72,75-76H,3-4,6,8-10,12,14-16,18,20-22,24,26-28,30,32-34,37,40-42,44,46-48,50,52-57,59,61-65,67,69-70H2,1-2H3,(H,74,77)/b7-5-,13-11-,19-17-,25-23-,31-29-,36-35-,39-38-,45-43-,51-49-,60-58+,68-66+. The SMILES string of the molecule is CC/C=C\C/C=C\C/C=C\C/C=C\C/C=C\C/C=C\C/C=C\C/C=C\C/C=C\CCCCCCCCCC(=O)NC(CO)C(O)/C=C/CC/C=C/CCCCCCCCCCCCCCCCCCCCCCCCCC. The maximum Gasteiger partial charge on any atom is 0.220 e. The zero-order valence-corrected chi connectivity index (χ0v) is 50.7. The summed E-state index contributed by atoms with van der Waals surface area (Å²) in [5, 5.41) is 23.2. The molecule has 0 aromatic carbocycles. The van der Waals surface area contributed by atoms with Crippen molar-refractivity contribution in [3.05, 3.63) is 134 Å². The monoisotopic (exact) mass is 1060 g/mol. The van der Waals surface area contributed by atoms with E-state index in [2.05, 4.69) is 141 Å². The summed E-state index contributed by atoms with van der Waals surface area (Å²) in [7, 11) is 0. The Hall–Kier alpha value is -3.47. The lowest BCUT2D eigenvalue weighted by Crippen LogP contribution is -2.45. The Kier molecular flexibility index (Phi) is 63.8. The molecule has 2 atom stereocenters. The van der Waals surface area contributed by atoms with E-state index in [4.69, 9.17) is 0 Å². The van der Waals surface area contributed by atoms with Gasteiger partial charge < -0.3 is 15.5 Å². The second kappa shape index (κ2) is 66.8. The third kappa shape index (κ3) is 63.2. The summed E-state index contributed by atoms with van der Waals surface area (Å²) < 4.78 is 0. The van der Waals surface area contributed by atoms with Gasteiger partial charge in [0.1, 0.15) is 0 Å². The number of carbonyl (C=O) groups is 1. The lowest BCUT2D eigenvalue weighted by Gasteiger charge is -2.19. The second-order valence-electron chi connectivity index (χ2n) is 21.8. The van der Waals surface area contributed by atoms with Crippen LogP contribution >= 0.6 is 0 Å². The summed E-state index contributed by atoms with van der Waals surface area (Å²) in [6, 6.07) is -0.657. The van der Waals surface area contributed by atoms with Gasteiger partial charge in [-0.05, 0) is 103 Å². The first-order chi connectivity index (χ1) is 38.2. The number of hydrogen-bond donors (Lipinski definition) is 3. The highest BCUT2D eigenvalue weighted by atomic mass is 16.3. The van der Waals surface area contributed by atoms with Crippen LogP contribution < -0.4 is 5.32 Å². The Labute approximate surface area is 479 Å². The van der Waals surface area contributed by atoms with Crippen LogP contribution in [0.4, 0.5) is 0 Å². The van der Waals surface area contributed by atoms with E-state index >= 15 is 0 Å². The zero-order chi connectivity index (χ0) is 55.5. The number of unbranched alkanes of at least 4 members (excludes halogenated alkanes) is 32. The molecule has 1 amide bonds. The number of hydrogen-bond acceptors (Lipinski definition) is 3. The van der Waals surface area contributed by atoms with Crippen molar-refractivity contribution in [2.45, 2.75) is 315 Å². The zero-order valence-electron chi connectivity index (χ0n) is 50.7. The first-order valence-electron chi connectivity index (χ1n) is 32.9. The summed E-state index contributed by atoms with van der Waals surface area (Å²) in [6.07, 6.45) is 104. The van der Waals surface area contributed by atoms with Crippen molar-refractivity contribution in [3.63, 3.8) is 0 Å². The first kappa shape index (κ1) is 73.5. The molecule has 0 saturated carbocycles. The lowest BCUT2D eigenvalue weighted by atomic mass is 10.0. The number of aliphatic hydroxyl groups is 2. The number of carbonyl (C=O) groups excluding carboxylic acids is 1. The molecule has 0 bridgehead atoms. The normalized spacial score (nSPS) is 13.7. The van der Waals surface area contributed by atoms with E-state index in [0.717, 1.165) is 103 Å². The minimum absolute atomic E-state index is 0.0879. The highest BCUT2D eigenvalue weighted by molar-refractivity contribution is 5.76. The van der Waals surface area contributed by atoms with E-state index in [-0.39, 0.29) is 12.5 Å². The van der Waals surface area contributed by atoms with Crippen LogP contribution in [0.15, 0.2) is 134 Å². The van der Waals surface area contributed by atoms with Crippen molar-refractivity contribution in [3.8, 4) is 0 Å². The van der Waals surface area contributed by atoms with Gasteiger partial charge in [0.25, 0.3) is 0 Å². The van der Waals surface area contributed by atoms with Gasteiger partial charge in [0.15, 0.2) is 0 Å². The predicted octanol–water partition coefficient (Wildman–Crippen LogP) is 22.5. The molecule has 0 aromatic rings. The molecule has 0 rings (SSSR count). The number of rotatable bonds is 59. The second-order valence-corrected chi connectivity index (χ2v) is 21.8. The Morgan fingerprint density at radius 3 is 0.909 bits per heavy atom. The van der Waals surface area contributed by atoms with Crippen LogP contribution in [-0.4, -0.2) is 34.9 Å². The van der Waals surface area contributed by atoms with Crippen LogP contribution in [0.25, 0.3) is 0 Å². The topological polar surface area (TPSA) is 69.6 Å². The van der Waals surface area contributed by atoms with Crippen molar-refractivity contribution >= 4 is 5.91 Å². The quantitative estimate of drug-likeness (QED) is 0.0420. The lowest BCUT2D eigenvalue weighted by molar-refractivity contribution is -0.123. The summed E-state index contributed by atoms with van der Waals surface area (Å²) >= 11 is 0. The number of nitrogens with one attached hydrogen (secondary N) is 1. The molecule has 0 fully saturated rings. The fraction of sp³-hybridized carbons (Fsp3) is 0.685. The average molecular weight is 1060 g/mol. The van der Waals surface area contributed by atoms with Crippen LogP contribution in [-0.2, 0) is 4.79 Å². The third-order valence-electron chi connectivity index (χ3n) is 14.4. The van der Waals surface area contributed by atoms with E-state index in [1.807, 2.05) is 6.08 Å². The molecule has 0 spiro atoms. The summed E-state index contributed by atoms with van der Waals surface area (Å²) in [5.41, 5.74) is 0. The van der Waals surface area contributed by atoms with Crippen molar-refractivity contribution in [1.29, 1.82) is 0 Å². The Morgan fingerprint density at radius 1 is 0.325 bits per heavy atom. The highest BCUT2D eigenvalue weighted by Gasteiger charge is 2.18. The molecule has 2 unspecified atom stereocenters. The van der Waals surface area contributed by atoms with Crippen molar-refractivity contribution < 1.29 is 15.0 Å². The molecule has 0 aromatic heterocycles. The maximum absolute atomic E-state index is 12.5. The molecule has 440 valence electrons. The molecular weight excluding hydrogens is 939 g/mol. The van der Waals surface area contributed by atoms with Crippen LogP contribution in [0.1, 0.15) is 303 Å². The summed E-state index contributed by atoms with van der Waals surface area (Å²) in [4.78, 5) is 12.5. The Balaban J connectivity index is 3.61. The largest absolute Gasteiger partial charge is 0.394 e. The molecule has 0 aliphatic heterocycles. The molecule has 0 aliphatic carbocycles. The molecular formula is C73H125NO3. The minimum Gasteiger partial charge on any atom is -0.394 e. The van der Waals surface area contributed by atoms with Crippen LogP contribution in [0.3, 0.4) is 0 Å². The fourth-order valence-corrected chi connectivity index (χ4v) is 9.42.